The van der Waals surface area contributed by atoms with Crippen LogP contribution >= 0.6 is 12.6 Å². The average Bonchev–Trinajstić information content (AvgIpc) is 2.52. The van der Waals surface area contributed by atoms with Gasteiger partial charge in [-0.15, -0.1) is 0 Å². The van der Waals surface area contributed by atoms with Crippen molar-refractivity contribution in [2.24, 2.45) is 4.99 Å². The van der Waals surface area contributed by atoms with E-state index >= 15 is 0 Å². The predicted molar refractivity (Wildman–Crippen MR) is 83.9 cm³/mol. The first-order valence-corrected chi connectivity index (χ1v) is 7.21. The minimum absolute atomic E-state index is 0.0834. The highest BCUT2D eigenvalue weighted by Crippen LogP contribution is 2.12. The Balaban J connectivity index is 2.29. The Morgan fingerprint density at radius 2 is 2.05 bits per heavy atom. The van der Waals surface area contributed by atoms with Gasteiger partial charge >= 0.3 is 5.97 Å². The third-order valence-electron chi connectivity index (χ3n) is 3.07. The van der Waals surface area contributed by atoms with Crippen LogP contribution in [0.4, 0.5) is 0 Å². The van der Waals surface area contributed by atoms with E-state index < -0.39 is 12.0 Å². The maximum absolute atomic E-state index is 12.5. The Morgan fingerprint density at radius 3 is 2.67 bits per heavy atom. The molecule has 1 amide bonds. The molecule has 0 spiro atoms. The summed E-state index contributed by atoms with van der Waals surface area (Å²) < 4.78 is 0. The van der Waals surface area contributed by atoms with Gasteiger partial charge in [0, 0.05) is 17.9 Å². The first kappa shape index (κ1) is 15.3. The Bertz CT molecular complexity index is 584. The third-order valence-corrected chi connectivity index (χ3v) is 3.42. The number of carbonyl (C=O) groups excluding carboxylic acids is 1. The fourth-order valence-electron chi connectivity index (χ4n) is 1.99. The summed E-state index contributed by atoms with van der Waals surface area (Å²) in [6, 6.07) is 7.91. The molecule has 0 unspecified atom stereocenters. The molecule has 1 N–H and O–H groups in total. The quantitative estimate of drug-likeness (QED) is 0.834. The maximum atomic E-state index is 12.5. The fraction of sp³-hybridized carbons (Fsp3) is 0.267. The van der Waals surface area contributed by atoms with Crippen LogP contribution in [0.15, 0.2) is 47.5 Å². The molecule has 0 fully saturated rings. The molecule has 1 atom stereocenters. The van der Waals surface area contributed by atoms with Gasteiger partial charge in [-0.3, -0.25) is 14.7 Å². The number of hydrogen-bond donors (Lipinski definition) is 2. The van der Waals surface area contributed by atoms with Crippen molar-refractivity contribution in [3.8, 4) is 0 Å². The lowest BCUT2D eigenvalue weighted by atomic mass is 10.1. The molecule has 5 nitrogen and oxygen atoms in total. The number of amides is 1. The van der Waals surface area contributed by atoms with Gasteiger partial charge in [0.25, 0.3) is 5.91 Å². The van der Waals surface area contributed by atoms with Gasteiger partial charge < -0.3 is 5.11 Å². The summed E-state index contributed by atoms with van der Waals surface area (Å²) in [7, 11) is 0. The third kappa shape index (κ3) is 3.72. The highest BCUT2D eigenvalue weighted by atomic mass is 32.1. The number of benzene rings is 1. The molecule has 1 aliphatic rings. The average molecular weight is 304 g/mol. The summed E-state index contributed by atoms with van der Waals surface area (Å²) >= 11 is 3.99. The van der Waals surface area contributed by atoms with Crippen molar-refractivity contribution < 1.29 is 14.7 Å². The molecule has 0 bridgehead atoms. The lowest BCUT2D eigenvalue weighted by Gasteiger charge is -2.26. The van der Waals surface area contributed by atoms with Gasteiger partial charge in [-0.05, 0) is 24.6 Å². The molecule has 110 valence electrons. The zero-order valence-corrected chi connectivity index (χ0v) is 12.2. The standard InChI is InChI=1S/C15H16N2O3S/c18-14(11-6-2-1-3-7-11)17-9-5-4-8-13(17)16-12(10-21)15(19)20/h1-4,6-8,12,21H,5,9-10H2,(H,19,20)/t12-/m1/s1. The van der Waals surface area contributed by atoms with Gasteiger partial charge in [0.2, 0.25) is 0 Å². The Labute approximate surface area is 128 Å². The molecule has 21 heavy (non-hydrogen) atoms. The van der Waals surface area contributed by atoms with Gasteiger partial charge in [0.05, 0.1) is 0 Å². The highest BCUT2D eigenvalue weighted by Gasteiger charge is 2.23. The van der Waals surface area contributed by atoms with Crippen molar-refractivity contribution in [1.82, 2.24) is 4.90 Å². The van der Waals surface area contributed by atoms with E-state index in [0.717, 1.165) is 6.42 Å². The van der Waals surface area contributed by atoms with Crippen molar-refractivity contribution >= 4 is 30.3 Å². The number of rotatable bonds is 4. The number of aliphatic carboxylic acids is 1. The van der Waals surface area contributed by atoms with E-state index in [1.54, 1.807) is 30.3 Å². The van der Waals surface area contributed by atoms with Gasteiger partial charge in [-0.25, -0.2) is 4.79 Å². The summed E-state index contributed by atoms with van der Waals surface area (Å²) in [6.45, 7) is 0.488. The number of aliphatic imine (C=N–C) groups is 1. The van der Waals surface area contributed by atoms with Gasteiger partial charge in [0.1, 0.15) is 5.84 Å². The molecule has 6 heteroatoms. The summed E-state index contributed by atoms with van der Waals surface area (Å²) in [5.74, 6) is -0.776. The molecule has 0 radical (unpaired) electrons. The zero-order chi connectivity index (χ0) is 15.2. The van der Waals surface area contributed by atoms with Crippen molar-refractivity contribution in [3.05, 3.63) is 48.0 Å². The van der Waals surface area contributed by atoms with Crippen molar-refractivity contribution in [2.75, 3.05) is 12.3 Å². The van der Waals surface area contributed by atoms with Crippen LogP contribution in [-0.2, 0) is 4.79 Å². The number of carboxylic acid groups (broad SMARTS) is 1. The topological polar surface area (TPSA) is 70.0 Å². The van der Waals surface area contributed by atoms with Crippen molar-refractivity contribution in [3.63, 3.8) is 0 Å². The molecule has 0 aliphatic carbocycles. The SMILES string of the molecule is O=C(O)[C@@H](CS)N=C1C=CCCN1C(=O)c1ccccc1. The number of carboxylic acids is 1. The van der Waals surface area contributed by atoms with Gasteiger partial charge in [-0.1, -0.05) is 24.3 Å². The fourth-order valence-corrected chi connectivity index (χ4v) is 2.22. The van der Waals surface area contributed by atoms with Crippen LogP contribution in [0.1, 0.15) is 16.8 Å². The van der Waals surface area contributed by atoms with E-state index in [1.807, 2.05) is 12.1 Å². The number of hydrogen-bond acceptors (Lipinski definition) is 4. The molecule has 0 aromatic heterocycles. The molecule has 1 aromatic carbocycles. The minimum atomic E-state index is -1.05. The van der Waals surface area contributed by atoms with E-state index in [4.69, 9.17) is 5.11 Å². The van der Waals surface area contributed by atoms with E-state index in [9.17, 15) is 9.59 Å². The molecule has 1 aliphatic heterocycles. The van der Waals surface area contributed by atoms with E-state index in [2.05, 4.69) is 17.6 Å². The second kappa shape index (κ2) is 7.08. The van der Waals surface area contributed by atoms with E-state index in [-0.39, 0.29) is 11.7 Å². The second-order valence-electron chi connectivity index (χ2n) is 4.54. The summed E-state index contributed by atoms with van der Waals surface area (Å²) in [5, 5.41) is 9.06. The van der Waals surface area contributed by atoms with Crippen LogP contribution in [0.5, 0.6) is 0 Å². The van der Waals surface area contributed by atoms with Crippen molar-refractivity contribution in [1.29, 1.82) is 0 Å². The Hall–Kier alpha value is -2.08. The lowest BCUT2D eigenvalue weighted by molar-refractivity contribution is -0.137. The molecular formula is C15H16N2O3S. The first-order chi connectivity index (χ1) is 10.1. The Kier molecular flexibility index (Phi) is 5.16. The maximum Gasteiger partial charge on any atom is 0.329 e. The van der Waals surface area contributed by atoms with E-state index in [1.165, 1.54) is 4.90 Å². The van der Waals surface area contributed by atoms with Crippen LogP contribution in [0.3, 0.4) is 0 Å². The number of thiol groups is 1. The summed E-state index contributed by atoms with van der Waals surface area (Å²) in [6.07, 6.45) is 4.28. The number of amidine groups is 1. The Morgan fingerprint density at radius 1 is 1.33 bits per heavy atom. The van der Waals surface area contributed by atoms with E-state index in [0.29, 0.717) is 17.9 Å². The van der Waals surface area contributed by atoms with Crippen LogP contribution in [0.2, 0.25) is 0 Å². The van der Waals surface area contributed by atoms with Crippen LogP contribution in [0, 0.1) is 0 Å². The molecule has 0 saturated carbocycles. The van der Waals surface area contributed by atoms with Gasteiger partial charge in [-0.2, -0.15) is 12.6 Å². The summed E-state index contributed by atoms with van der Waals surface area (Å²) in [5.41, 5.74) is 0.554. The van der Waals surface area contributed by atoms with Crippen LogP contribution in [0.25, 0.3) is 0 Å². The predicted octanol–water partition coefficient (Wildman–Crippen LogP) is 1.87. The molecule has 1 aromatic rings. The number of nitrogens with zero attached hydrogens (tertiary/aromatic N) is 2. The van der Waals surface area contributed by atoms with Crippen LogP contribution < -0.4 is 0 Å². The molecule has 2 rings (SSSR count). The monoisotopic (exact) mass is 304 g/mol. The first-order valence-electron chi connectivity index (χ1n) is 6.58. The second-order valence-corrected chi connectivity index (χ2v) is 4.90. The normalized spacial score (nSPS) is 17.8. The van der Waals surface area contributed by atoms with Crippen molar-refractivity contribution in [2.45, 2.75) is 12.5 Å². The van der Waals surface area contributed by atoms with Gasteiger partial charge in [0.15, 0.2) is 6.04 Å². The highest BCUT2D eigenvalue weighted by molar-refractivity contribution is 7.80. The molecule has 1 heterocycles. The molecular weight excluding hydrogens is 288 g/mol. The summed E-state index contributed by atoms with van der Waals surface area (Å²) in [4.78, 5) is 29.2. The number of carbonyl (C=O) groups is 2. The minimum Gasteiger partial charge on any atom is -0.480 e. The molecule has 0 saturated heterocycles. The largest absolute Gasteiger partial charge is 0.480 e. The van der Waals surface area contributed by atoms with Crippen LogP contribution in [-0.4, -0.2) is 46.1 Å². The smallest absolute Gasteiger partial charge is 0.329 e. The zero-order valence-electron chi connectivity index (χ0n) is 11.3. The lowest BCUT2D eigenvalue weighted by Crippen LogP contribution is -2.40.